The van der Waals surface area contributed by atoms with Gasteiger partial charge in [0.25, 0.3) is 0 Å². The summed E-state index contributed by atoms with van der Waals surface area (Å²) in [6.07, 6.45) is 25.0. The molecule has 0 heterocycles. The van der Waals surface area contributed by atoms with Crippen LogP contribution >= 0.6 is 0 Å². The minimum absolute atomic E-state index is 1.15. The van der Waals surface area contributed by atoms with Crippen LogP contribution in [0.2, 0.25) is 0 Å². The fraction of sp³-hybridized carbons (Fsp3) is 0.471. The number of nitrogens with one attached hydrogen (secondary N) is 1. The third kappa shape index (κ3) is 10.3. The molecule has 1 nitrogen and oxygen atoms in total. The van der Waals surface area contributed by atoms with Crippen molar-refractivity contribution in [2.24, 2.45) is 0 Å². The summed E-state index contributed by atoms with van der Waals surface area (Å²) in [6, 6.07) is 23.9. The highest BCUT2D eigenvalue weighted by Crippen LogP contribution is 2.28. The Morgan fingerprint density at radius 1 is 0.543 bits per heavy atom. The first-order valence-corrected chi connectivity index (χ1v) is 14.4. The molecule has 0 aliphatic heterocycles. The Hall–Kier alpha value is -2.54. The van der Waals surface area contributed by atoms with Gasteiger partial charge in [0, 0.05) is 16.8 Å². The van der Waals surface area contributed by atoms with E-state index in [0.717, 1.165) is 6.42 Å². The van der Waals surface area contributed by atoms with Crippen LogP contribution in [0.15, 0.2) is 78.9 Å². The van der Waals surface area contributed by atoms with E-state index in [1.54, 1.807) is 0 Å². The Morgan fingerprint density at radius 3 is 1.89 bits per heavy atom. The van der Waals surface area contributed by atoms with Gasteiger partial charge >= 0.3 is 0 Å². The average molecular weight is 470 g/mol. The van der Waals surface area contributed by atoms with E-state index in [4.69, 9.17) is 0 Å². The van der Waals surface area contributed by atoms with E-state index >= 15 is 0 Å². The van der Waals surface area contributed by atoms with Crippen LogP contribution < -0.4 is 5.32 Å². The zero-order valence-electron chi connectivity index (χ0n) is 22.1. The van der Waals surface area contributed by atoms with Gasteiger partial charge in [0.2, 0.25) is 0 Å². The summed E-state index contributed by atoms with van der Waals surface area (Å²) in [5, 5.41) is 6.27. The number of hydrogen-bond donors (Lipinski definition) is 1. The molecule has 0 atom stereocenters. The smallest absolute Gasteiger partial charge is 0.0463 e. The van der Waals surface area contributed by atoms with Gasteiger partial charge in [-0.3, -0.25) is 0 Å². The summed E-state index contributed by atoms with van der Waals surface area (Å²) in [7, 11) is 0. The maximum absolute atomic E-state index is 3.71. The Labute approximate surface area is 215 Å². The van der Waals surface area contributed by atoms with Gasteiger partial charge < -0.3 is 5.32 Å². The van der Waals surface area contributed by atoms with Gasteiger partial charge in [-0.1, -0.05) is 131 Å². The summed E-state index contributed by atoms with van der Waals surface area (Å²) in [5.74, 6) is 0. The van der Waals surface area contributed by atoms with Crippen LogP contribution in [0.3, 0.4) is 0 Å². The van der Waals surface area contributed by atoms with Crippen LogP contribution in [0.4, 0.5) is 11.4 Å². The molecule has 0 bridgehead atoms. The number of allylic oxidation sites excluding steroid dienone is 2. The third-order valence-electron chi connectivity index (χ3n) is 7.03. The summed E-state index contributed by atoms with van der Waals surface area (Å²) >= 11 is 0. The van der Waals surface area contributed by atoms with Crippen molar-refractivity contribution in [1.29, 1.82) is 0 Å². The molecular formula is C34H47N. The minimum atomic E-state index is 1.15. The fourth-order valence-corrected chi connectivity index (χ4v) is 4.90. The second kappa shape index (κ2) is 17.0. The van der Waals surface area contributed by atoms with E-state index in [2.05, 4.69) is 91.1 Å². The Balaban J connectivity index is 1.27. The Kier molecular flexibility index (Phi) is 13.1. The number of benzene rings is 3. The van der Waals surface area contributed by atoms with Gasteiger partial charge in [-0.25, -0.2) is 0 Å². The fourth-order valence-electron chi connectivity index (χ4n) is 4.90. The van der Waals surface area contributed by atoms with Crippen LogP contribution in [-0.2, 0) is 6.42 Å². The molecule has 0 aromatic heterocycles. The lowest BCUT2D eigenvalue weighted by atomic mass is 10.0. The van der Waals surface area contributed by atoms with Gasteiger partial charge in [0.1, 0.15) is 0 Å². The van der Waals surface area contributed by atoms with E-state index in [0.29, 0.717) is 0 Å². The van der Waals surface area contributed by atoms with Crippen molar-refractivity contribution in [2.75, 3.05) is 5.32 Å². The van der Waals surface area contributed by atoms with Crippen molar-refractivity contribution >= 4 is 22.1 Å². The summed E-state index contributed by atoms with van der Waals surface area (Å²) in [6.45, 7) is 2.29. The Bertz CT molecular complexity index is 981. The highest BCUT2D eigenvalue weighted by Gasteiger charge is 2.05. The molecule has 0 radical (unpaired) electrons. The van der Waals surface area contributed by atoms with Crippen molar-refractivity contribution in [2.45, 2.75) is 103 Å². The number of anilines is 2. The van der Waals surface area contributed by atoms with E-state index < -0.39 is 0 Å². The summed E-state index contributed by atoms with van der Waals surface area (Å²) in [4.78, 5) is 0. The molecular weight excluding hydrogens is 422 g/mol. The topological polar surface area (TPSA) is 12.0 Å². The zero-order valence-corrected chi connectivity index (χ0v) is 22.1. The van der Waals surface area contributed by atoms with E-state index in [9.17, 15) is 0 Å². The Morgan fingerprint density at radius 2 is 1.11 bits per heavy atom. The van der Waals surface area contributed by atoms with Crippen LogP contribution in [0.5, 0.6) is 0 Å². The molecule has 1 heteroatoms. The van der Waals surface area contributed by atoms with Crippen molar-refractivity contribution in [3.8, 4) is 0 Å². The van der Waals surface area contributed by atoms with Crippen LogP contribution in [0.25, 0.3) is 10.8 Å². The minimum Gasteiger partial charge on any atom is -0.355 e. The second-order valence-electron chi connectivity index (χ2n) is 10.00. The molecule has 0 aliphatic carbocycles. The number of para-hydroxylation sites is 1. The van der Waals surface area contributed by atoms with Crippen molar-refractivity contribution in [3.05, 3.63) is 84.4 Å². The van der Waals surface area contributed by atoms with E-state index in [1.807, 2.05) is 0 Å². The molecule has 0 saturated heterocycles. The predicted molar refractivity (Wildman–Crippen MR) is 157 cm³/mol. The number of fused-ring (bicyclic) bond motifs is 1. The van der Waals surface area contributed by atoms with Gasteiger partial charge in [-0.15, -0.1) is 0 Å². The zero-order chi connectivity index (χ0) is 24.4. The molecule has 0 unspecified atom stereocenters. The lowest BCUT2D eigenvalue weighted by molar-refractivity contribution is 0.596. The number of rotatable bonds is 18. The van der Waals surface area contributed by atoms with Crippen molar-refractivity contribution in [3.63, 3.8) is 0 Å². The lowest BCUT2D eigenvalue weighted by Gasteiger charge is -2.14. The molecule has 3 aromatic rings. The highest BCUT2D eigenvalue weighted by molar-refractivity contribution is 5.95. The molecule has 35 heavy (non-hydrogen) atoms. The molecule has 188 valence electrons. The number of unbranched alkanes of at least 4 members (excludes halogenated alkanes) is 12. The molecule has 0 amide bonds. The molecule has 0 fully saturated rings. The van der Waals surface area contributed by atoms with Crippen LogP contribution in [0.1, 0.15) is 102 Å². The monoisotopic (exact) mass is 469 g/mol. The first kappa shape index (κ1) is 27.1. The first-order valence-electron chi connectivity index (χ1n) is 14.4. The maximum atomic E-state index is 3.71. The van der Waals surface area contributed by atoms with Gasteiger partial charge in [0.15, 0.2) is 0 Å². The second-order valence-corrected chi connectivity index (χ2v) is 10.00. The quantitative estimate of drug-likeness (QED) is 0.144. The van der Waals surface area contributed by atoms with Gasteiger partial charge in [-0.05, 0) is 61.6 Å². The summed E-state index contributed by atoms with van der Waals surface area (Å²) in [5.41, 5.74) is 3.86. The highest BCUT2D eigenvalue weighted by atomic mass is 14.9. The predicted octanol–water partition coefficient (Wildman–Crippen LogP) is 11.2. The van der Waals surface area contributed by atoms with Gasteiger partial charge in [-0.2, -0.15) is 0 Å². The van der Waals surface area contributed by atoms with Crippen LogP contribution in [0, 0.1) is 0 Å². The molecule has 0 spiro atoms. The normalized spacial score (nSPS) is 11.5. The molecule has 0 aliphatic rings. The van der Waals surface area contributed by atoms with Crippen molar-refractivity contribution in [1.82, 2.24) is 0 Å². The summed E-state index contributed by atoms with van der Waals surface area (Å²) < 4.78 is 0. The largest absolute Gasteiger partial charge is 0.355 e. The maximum Gasteiger partial charge on any atom is 0.0463 e. The van der Waals surface area contributed by atoms with Gasteiger partial charge in [0.05, 0.1) is 0 Å². The molecule has 0 saturated carbocycles. The van der Waals surface area contributed by atoms with E-state index in [1.165, 1.54) is 118 Å². The van der Waals surface area contributed by atoms with E-state index in [-0.39, 0.29) is 0 Å². The number of aryl methyl sites for hydroxylation is 1. The number of hydrogen-bond acceptors (Lipinski definition) is 1. The first-order chi connectivity index (χ1) is 17.4. The van der Waals surface area contributed by atoms with Crippen LogP contribution in [-0.4, -0.2) is 0 Å². The molecule has 3 rings (SSSR count). The SMILES string of the molecule is CCCCCCCCC=CCCCCCCCCc1ccccc1Nc1cccc2ccccc12. The third-order valence-corrected chi connectivity index (χ3v) is 7.03. The standard InChI is InChI=1S/C34H47N/c1-2-3-4-5-6-7-8-9-10-11-12-13-14-15-16-17-24-31-25-19-21-28-33(31)35-34-29-22-26-30-23-18-20-27-32(30)34/h9-10,18-23,25-29,35H,2-8,11-17,24H2,1H3. The molecule has 1 N–H and O–H groups in total. The lowest BCUT2D eigenvalue weighted by Crippen LogP contribution is -1.97. The molecule has 3 aromatic carbocycles. The van der Waals surface area contributed by atoms with Crippen molar-refractivity contribution < 1.29 is 0 Å². The average Bonchev–Trinajstić information content (AvgIpc) is 2.89.